The first-order valence-corrected chi connectivity index (χ1v) is 6.10. The molecule has 1 aliphatic heterocycles. The van der Waals surface area contributed by atoms with Crippen molar-refractivity contribution in [1.82, 2.24) is 0 Å². The van der Waals surface area contributed by atoms with Gasteiger partial charge in [-0.05, 0) is 38.8 Å². The number of esters is 1. The number of fused-ring (bicyclic) bond motifs is 1. The molecule has 0 amide bonds. The van der Waals surface area contributed by atoms with Gasteiger partial charge in [-0.15, -0.1) is 0 Å². The van der Waals surface area contributed by atoms with E-state index in [1.807, 2.05) is 32.9 Å². The SMILES string of the molecule is CCOC(=O)C(C)(C)N1CCc2ccccc21. The molecular formula is C14H19NO2. The minimum atomic E-state index is -0.595. The molecule has 0 N–H and O–H groups in total. The number of hydrogen-bond acceptors (Lipinski definition) is 3. The van der Waals surface area contributed by atoms with Crippen LogP contribution in [0, 0.1) is 0 Å². The van der Waals surface area contributed by atoms with E-state index >= 15 is 0 Å². The van der Waals surface area contributed by atoms with E-state index in [4.69, 9.17) is 4.74 Å². The van der Waals surface area contributed by atoms with E-state index in [2.05, 4.69) is 17.0 Å². The van der Waals surface area contributed by atoms with Gasteiger partial charge in [0, 0.05) is 12.2 Å². The third-order valence-corrected chi connectivity index (χ3v) is 3.34. The maximum atomic E-state index is 12.0. The van der Waals surface area contributed by atoms with Gasteiger partial charge in [0.05, 0.1) is 6.61 Å². The molecule has 0 spiro atoms. The molecule has 0 fully saturated rings. The fourth-order valence-corrected chi connectivity index (χ4v) is 2.34. The Labute approximate surface area is 102 Å². The van der Waals surface area contributed by atoms with Gasteiger partial charge in [-0.25, -0.2) is 4.79 Å². The number of nitrogens with zero attached hydrogens (tertiary/aromatic N) is 1. The Morgan fingerprint density at radius 2 is 2.12 bits per heavy atom. The van der Waals surface area contributed by atoms with Crippen LogP contribution in [0.2, 0.25) is 0 Å². The molecule has 3 heteroatoms. The van der Waals surface area contributed by atoms with Crippen molar-refractivity contribution in [2.45, 2.75) is 32.7 Å². The average molecular weight is 233 g/mol. The molecule has 1 aromatic carbocycles. The van der Waals surface area contributed by atoms with E-state index in [0.717, 1.165) is 18.7 Å². The highest BCUT2D eigenvalue weighted by Crippen LogP contribution is 2.33. The Balaban J connectivity index is 2.27. The molecule has 1 aromatic rings. The van der Waals surface area contributed by atoms with Gasteiger partial charge in [0.15, 0.2) is 0 Å². The Hall–Kier alpha value is -1.51. The molecule has 1 heterocycles. The van der Waals surface area contributed by atoms with Gasteiger partial charge in [0.2, 0.25) is 0 Å². The van der Waals surface area contributed by atoms with Crippen LogP contribution >= 0.6 is 0 Å². The minimum absolute atomic E-state index is 0.156. The molecule has 1 aliphatic rings. The number of hydrogen-bond donors (Lipinski definition) is 0. The van der Waals surface area contributed by atoms with Gasteiger partial charge < -0.3 is 9.64 Å². The normalized spacial score (nSPS) is 14.6. The van der Waals surface area contributed by atoms with E-state index in [1.54, 1.807) is 0 Å². The van der Waals surface area contributed by atoms with Crippen LogP contribution < -0.4 is 4.90 Å². The summed E-state index contributed by atoms with van der Waals surface area (Å²) in [5.74, 6) is -0.156. The first-order valence-electron chi connectivity index (χ1n) is 6.10. The van der Waals surface area contributed by atoms with Crippen molar-refractivity contribution in [3.63, 3.8) is 0 Å². The fraction of sp³-hybridized carbons (Fsp3) is 0.500. The molecule has 0 atom stereocenters. The number of carbonyl (C=O) groups is 1. The van der Waals surface area contributed by atoms with Gasteiger partial charge in [0.1, 0.15) is 5.54 Å². The maximum Gasteiger partial charge on any atom is 0.331 e. The molecule has 0 radical (unpaired) electrons. The molecule has 92 valence electrons. The van der Waals surface area contributed by atoms with E-state index in [1.165, 1.54) is 5.56 Å². The first kappa shape index (κ1) is 12.0. The van der Waals surface area contributed by atoms with Crippen LogP contribution in [0.1, 0.15) is 26.3 Å². The predicted octanol–water partition coefficient (Wildman–Crippen LogP) is 2.39. The van der Waals surface area contributed by atoms with Crippen molar-refractivity contribution in [1.29, 1.82) is 0 Å². The van der Waals surface area contributed by atoms with E-state index in [-0.39, 0.29) is 5.97 Å². The molecule has 0 saturated carbocycles. The van der Waals surface area contributed by atoms with Crippen LogP contribution in [0.5, 0.6) is 0 Å². The quantitative estimate of drug-likeness (QED) is 0.751. The lowest BCUT2D eigenvalue weighted by Gasteiger charge is -2.35. The fourth-order valence-electron chi connectivity index (χ4n) is 2.34. The largest absolute Gasteiger partial charge is 0.464 e. The summed E-state index contributed by atoms with van der Waals surface area (Å²) in [6, 6.07) is 8.25. The topological polar surface area (TPSA) is 29.5 Å². The number of para-hydroxylation sites is 1. The Bertz CT molecular complexity index is 426. The van der Waals surface area contributed by atoms with Crippen molar-refractivity contribution in [3.05, 3.63) is 29.8 Å². The van der Waals surface area contributed by atoms with Gasteiger partial charge >= 0.3 is 5.97 Å². The number of rotatable bonds is 3. The molecule has 0 unspecified atom stereocenters. The van der Waals surface area contributed by atoms with Gasteiger partial charge in [0.25, 0.3) is 0 Å². The predicted molar refractivity (Wildman–Crippen MR) is 68.2 cm³/mol. The highest BCUT2D eigenvalue weighted by atomic mass is 16.5. The standard InChI is InChI=1S/C14H19NO2/c1-4-17-13(16)14(2,3)15-10-9-11-7-5-6-8-12(11)15/h5-8H,4,9-10H2,1-3H3. The summed E-state index contributed by atoms with van der Waals surface area (Å²) in [6.07, 6.45) is 0.999. The summed E-state index contributed by atoms with van der Waals surface area (Å²) in [4.78, 5) is 14.1. The first-order chi connectivity index (χ1) is 8.07. The highest BCUT2D eigenvalue weighted by Gasteiger charge is 2.39. The molecular weight excluding hydrogens is 214 g/mol. The van der Waals surface area contributed by atoms with E-state index < -0.39 is 5.54 Å². The second-order valence-corrected chi connectivity index (χ2v) is 4.81. The lowest BCUT2D eigenvalue weighted by atomic mass is 10.0. The Kier molecular flexibility index (Phi) is 3.09. The average Bonchev–Trinajstić information content (AvgIpc) is 2.73. The molecule has 0 aromatic heterocycles. The molecule has 0 bridgehead atoms. The summed E-state index contributed by atoms with van der Waals surface area (Å²) in [5, 5.41) is 0. The van der Waals surface area contributed by atoms with Crippen LogP contribution in [0.15, 0.2) is 24.3 Å². The zero-order chi connectivity index (χ0) is 12.5. The molecule has 2 rings (SSSR count). The number of benzene rings is 1. The monoisotopic (exact) mass is 233 g/mol. The zero-order valence-corrected chi connectivity index (χ0v) is 10.7. The van der Waals surface area contributed by atoms with Crippen molar-refractivity contribution in [2.24, 2.45) is 0 Å². The maximum absolute atomic E-state index is 12.0. The van der Waals surface area contributed by atoms with Crippen molar-refractivity contribution in [3.8, 4) is 0 Å². The number of carbonyl (C=O) groups excluding carboxylic acids is 1. The lowest BCUT2D eigenvalue weighted by Crippen LogP contribution is -2.50. The highest BCUT2D eigenvalue weighted by molar-refractivity contribution is 5.85. The lowest BCUT2D eigenvalue weighted by molar-refractivity contribution is -0.148. The van der Waals surface area contributed by atoms with Gasteiger partial charge in [-0.3, -0.25) is 0 Å². The molecule has 0 saturated heterocycles. The van der Waals surface area contributed by atoms with E-state index in [9.17, 15) is 4.79 Å². The summed E-state index contributed by atoms with van der Waals surface area (Å²) >= 11 is 0. The van der Waals surface area contributed by atoms with Crippen LogP contribution in [0.25, 0.3) is 0 Å². The molecule has 17 heavy (non-hydrogen) atoms. The van der Waals surface area contributed by atoms with Crippen LogP contribution in [0.4, 0.5) is 5.69 Å². The zero-order valence-electron chi connectivity index (χ0n) is 10.7. The summed E-state index contributed by atoms with van der Waals surface area (Å²) in [7, 11) is 0. The smallest absolute Gasteiger partial charge is 0.331 e. The van der Waals surface area contributed by atoms with Gasteiger partial charge in [-0.1, -0.05) is 18.2 Å². The Morgan fingerprint density at radius 3 is 2.82 bits per heavy atom. The summed E-state index contributed by atoms with van der Waals surface area (Å²) in [6.45, 7) is 7.00. The van der Waals surface area contributed by atoms with Crippen molar-refractivity contribution >= 4 is 11.7 Å². The minimum Gasteiger partial charge on any atom is -0.464 e. The second kappa shape index (κ2) is 4.40. The van der Waals surface area contributed by atoms with Crippen LogP contribution in [-0.4, -0.2) is 24.7 Å². The molecule has 3 nitrogen and oxygen atoms in total. The van der Waals surface area contributed by atoms with Crippen LogP contribution in [-0.2, 0) is 16.0 Å². The molecule has 0 aliphatic carbocycles. The van der Waals surface area contributed by atoms with Crippen molar-refractivity contribution < 1.29 is 9.53 Å². The number of anilines is 1. The second-order valence-electron chi connectivity index (χ2n) is 4.81. The van der Waals surface area contributed by atoms with E-state index in [0.29, 0.717) is 6.61 Å². The number of ether oxygens (including phenoxy) is 1. The third-order valence-electron chi connectivity index (χ3n) is 3.34. The van der Waals surface area contributed by atoms with Crippen molar-refractivity contribution in [2.75, 3.05) is 18.1 Å². The summed E-state index contributed by atoms with van der Waals surface area (Å²) in [5.41, 5.74) is 1.87. The van der Waals surface area contributed by atoms with Gasteiger partial charge in [-0.2, -0.15) is 0 Å². The van der Waals surface area contributed by atoms with Crippen LogP contribution in [0.3, 0.4) is 0 Å². The summed E-state index contributed by atoms with van der Waals surface area (Å²) < 4.78 is 5.15. The Morgan fingerprint density at radius 1 is 1.41 bits per heavy atom. The third kappa shape index (κ3) is 2.02.